The van der Waals surface area contributed by atoms with Crippen LogP contribution >= 0.6 is 12.4 Å². The van der Waals surface area contributed by atoms with Crippen molar-refractivity contribution in [2.24, 2.45) is 0 Å². The summed E-state index contributed by atoms with van der Waals surface area (Å²) in [5.41, 5.74) is 0.273. The van der Waals surface area contributed by atoms with E-state index >= 15 is 0 Å². The summed E-state index contributed by atoms with van der Waals surface area (Å²) in [6.45, 7) is 8.60. The number of nitrogens with one attached hydrogen (secondary N) is 1. The normalized spacial score (nSPS) is 17.6. The standard InChI is InChI=1S/C16H25FN2O2.ClH/c1-16(2,3)21-12-4-5-15(20)13(10-12)14(11-17)19-8-6-18-7-9-19;/h4-5,10,14,18,20H,6-9,11H2,1-3H3;1H/t14-;/m0./s1. The molecule has 0 aliphatic carbocycles. The summed E-state index contributed by atoms with van der Waals surface area (Å²) >= 11 is 0. The molecule has 1 aliphatic rings. The molecule has 0 bridgehead atoms. The van der Waals surface area contributed by atoms with Crippen molar-refractivity contribution in [2.45, 2.75) is 32.4 Å². The van der Waals surface area contributed by atoms with Gasteiger partial charge in [-0.05, 0) is 39.0 Å². The van der Waals surface area contributed by atoms with Crippen molar-refractivity contribution in [3.8, 4) is 11.5 Å². The van der Waals surface area contributed by atoms with Crippen LogP contribution in [-0.2, 0) is 0 Å². The first-order valence-electron chi connectivity index (χ1n) is 7.43. The zero-order valence-corrected chi connectivity index (χ0v) is 14.3. The highest BCUT2D eigenvalue weighted by Crippen LogP contribution is 2.33. The number of hydrogen-bond acceptors (Lipinski definition) is 4. The quantitative estimate of drug-likeness (QED) is 0.890. The average molecular weight is 333 g/mol. The van der Waals surface area contributed by atoms with E-state index in [9.17, 15) is 9.50 Å². The third kappa shape index (κ3) is 5.00. The Morgan fingerprint density at radius 2 is 1.95 bits per heavy atom. The number of hydrogen-bond donors (Lipinski definition) is 2. The van der Waals surface area contributed by atoms with Crippen molar-refractivity contribution in [2.75, 3.05) is 32.9 Å². The van der Waals surface area contributed by atoms with Crippen molar-refractivity contribution in [3.05, 3.63) is 23.8 Å². The van der Waals surface area contributed by atoms with E-state index in [-0.39, 0.29) is 23.8 Å². The largest absolute Gasteiger partial charge is 0.508 e. The molecule has 2 rings (SSSR count). The fraction of sp³-hybridized carbons (Fsp3) is 0.625. The van der Waals surface area contributed by atoms with Gasteiger partial charge in [0, 0.05) is 31.7 Å². The molecule has 6 heteroatoms. The van der Waals surface area contributed by atoms with E-state index in [1.807, 2.05) is 20.8 Å². The molecule has 0 saturated carbocycles. The molecule has 1 aromatic carbocycles. The predicted molar refractivity (Wildman–Crippen MR) is 88.9 cm³/mol. The van der Waals surface area contributed by atoms with Gasteiger partial charge in [0.05, 0.1) is 6.04 Å². The maximum absolute atomic E-state index is 13.6. The minimum absolute atomic E-state index is 0. The Bertz CT molecular complexity index is 474. The molecule has 126 valence electrons. The molecular weight excluding hydrogens is 307 g/mol. The molecule has 22 heavy (non-hydrogen) atoms. The summed E-state index contributed by atoms with van der Waals surface area (Å²) in [4.78, 5) is 2.06. The van der Waals surface area contributed by atoms with Crippen molar-refractivity contribution in [1.29, 1.82) is 0 Å². The number of phenolic OH excluding ortho intramolecular Hbond substituents is 1. The zero-order valence-electron chi connectivity index (χ0n) is 13.4. The van der Waals surface area contributed by atoms with Crippen molar-refractivity contribution in [1.82, 2.24) is 10.2 Å². The SMILES string of the molecule is CC(C)(C)Oc1ccc(O)c([C@H](CF)N2CCNCC2)c1.Cl. The number of benzene rings is 1. The molecule has 0 unspecified atom stereocenters. The number of phenols is 1. The molecule has 2 N–H and O–H groups in total. The Kier molecular flexibility index (Phi) is 6.91. The van der Waals surface area contributed by atoms with E-state index in [4.69, 9.17) is 4.74 Å². The first kappa shape index (κ1) is 19.0. The molecule has 1 fully saturated rings. The second kappa shape index (κ2) is 7.99. The molecule has 4 nitrogen and oxygen atoms in total. The lowest BCUT2D eigenvalue weighted by Crippen LogP contribution is -2.45. The van der Waals surface area contributed by atoms with E-state index in [0.717, 1.165) is 26.2 Å². The number of aromatic hydroxyl groups is 1. The van der Waals surface area contributed by atoms with E-state index in [1.54, 1.807) is 18.2 Å². The summed E-state index contributed by atoms with van der Waals surface area (Å²) in [7, 11) is 0. The maximum Gasteiger partial charge on any atom is 0.120 e. The third-order valence-corrected chi connectivity index (χ3v) is 3.52. The van der Waals surface area contributed by atoms with Gasteiger partial charge >= 0.3 is 0 Å². The van der Waals surface area contributed by atoms with Gasteiger partial charge in [0.25, 0.3) is 0 Å². The van der Waals surface area contributed by atoms with Gasteiger partial charge in [0.15, 0.2) is 0 Å². The molecular formula is C16H26ClFN2O2. The van der Waals surface area contributed by atoms with Crippen LogP contribution in [0, 0.1) is 0 Å². The molecule has 1 saturated heterocycles. The van der Waals surface area contributed by atoms with Crippen LogP contribution < -0.4 is 10.1 Å². The van der Waals surface area contributed by atoms with Gasteiger partial charge in [-0.2, -0.15) is 0 Å². The Hall–Kier alpha value is -1.04. The van der Waals surface area contributed by atoms with Gasteiger partial charge in [-0.1, -0.05) is 0 Å². The highest BCUT2D eigenvalue weighted by Gasteiger charge is 2.25. The second-order valence-electron chi connectivity index (χ2n) is 6.39. The first-order chi connectivity index (χ1) is 9.90. The Balaban J connectivity index is 0.00000242. The number of nitrogens with zero attached hydrogens (tertiary/aromatic N) is 1. The van der Waals surface area contributed by atoms with Crippen LogP contribution in [0.25, 0.3) is 0 Å². The lowest BCUT2D eigenvalue weighted by atomic mass is 10.0. The van der Waals surface area contributed by atoms with Crippen molar-refractivity contribution < 1.29 is 14.2 Å². The Morgan fingerprint density at radius 3 is 2.50 bits per heavy atom. The lowest BCUT2D eigenvalue weighted by Gasteiger charge is -2.34. The van der Waals surface area contributed by atoms with Gasteiger partial charge in [0.1, 0.15) is 23.8 Å². The third-order valence-electron chi connectivity index (χ3n) is 3.52. The molecule has 1 atom stereocenters. The highest BCUT2D eigenvalue weighted by molar-refractivity contribution is 5.85. The molecule has 0 spiro atoms. The number of halogens is 2. The summed E-state index contributed by atoms with van der Waals surface area (Å²) in [6.07, 6.45) is 0. The summed E-state index contributed by atoms with van der Waals surface area (Å²) < 4.78 is 19.4. The first-order valence-corrected chi connectivity index (χ1v) is 7.43. The summed E-state index contributed by atoms with van der Waals surface area (Å²) in [5.74, 6) is 0.779. The lowest BCUT2D eigenvalue weighted by molar-refractivity contribution is 0.128. The minimum Gasteiger partial charge on any atom is -0.508 e. The minimum atomic E-state index is -0.521. The van der Waals surface area contributed by atoms with E-state index < -0.39 is 12.7 Å². The number of piperazine rings is 1. The fourth-order valence-corrected chi connectivity index (χ4v) is 2.59. The zero-order chi connectivity index (χ0) is 15.5. The molecule has 0 aromatic heterocycles. The number of alkyl halides is 1. The number of ether oxygens (including phenoxy) is 1. The van der Waals surface area contributed by atoms with Crippen LogP contribution in [0.3, 0.4) is 0 Å². The van der Waals surface area contributed by atoms with Gasteiger partial charge in [0.2, 0.25) is 0 Å². The Labute approximate surface area is 138 Å². The monoisotopic (exact) mass is 332 g/mol. The van der Waals surface area contributed by atoms with Crippen LogP contribution in [0.2, 0.25) is 0 Å². The van der Waals surface area contributed by atoms with Crippen LogP contribution in [0.15, 0.2) is 18.2 Å². The van der Waals surface area contributed by atoms with Crippen LogP contribution in [-0.4, -0.2) is 48.5 Å². The van der Waals surface area contributed by atoms with Crippen LogP contribution in [0.4, 0.5) is 4.39 Å². The van der Waals surface area contributed by atoms with Gasteiger partial charge in [-0.25, -0.2) is 4.39 Å². The Morgan fingerprint density at radius 1 is 1.32 bits per heavy atom. The molecule has 1 aliphatic heterocycles. The molecule has 0 amide bonds. The summed E-state index contributed by atoms with van der Waals surface area (Å²) in [6, 6.07) is 4.64. The highest BCUT2D eigenvalue weighted by atomic mass is 35.5. The van der Waals surface area contributed by atoms with Crippen LogP contribution in [0.5, 0.6) is 11.5 Å². The smallest absolute Gasteiger partial charge is 0.120 e. The van der Waals surface area contributed by atoms with Crippen molar-refractivity contribution in [3.63, 3.8) is 0 Å². The average Bonchev–Trinajstić information content (AvgIpc) is 2.43. The van der Waals surface area contributed by atoms with Crippen molar-refractivity contribution >= 4 is 12.4 Å². The molecule has 1 heterocycles. The van der Waals surface area contributed by atoms with E-state index in [0.29, 0.717) is 11.3 Å². The van der Waals surface area contributed by atoms with Gasteiger partial charge < -0.3 is 15.2 Å². The summed E-state index contributed by atoms with van der Waals surface area (Å²) in [5, 5.41) is 13.4. The number of rotatable bonds is 4. The maximum atomic E-state index is 13.6. The van der Waals surface area contributed by atoms with Gasteiger partial charge in [-0.3, -0.25) is 4.90 Å². The fourth-order valence-electron chi connectivity index (χ4n) is 2.59. The molecule has 1 aromatic rings. The van der Waals surface area contributed by atoms with Crippen LogP contribution in [0.1, 0.15) is 32.4 Å². The van der Waals surface area contributed by atoms with E-state index in [2.05, 4.69) is 10.2 Å². The topological polar surface area (TPSA) is 44.7 Å². The van der Waals surface area contributed by atoms with E-state index in [1.165, 1.54) is 0 Å². The predicted octanol–water partition coefficient (Wildman–Crippen LogP) is 2.91. The van der Waals surface area contributed by atoms with Gasteiger partial charge in [-0.15, -0.1) is 12.4 Å². The molecule has 0 radical (unpaired) electrons. The second-order valence-corrected chi connectivity index (χ2v) is 6.39.